The van der Waals surface area contributed by atoms with Gasteiger partial charge in [-0.3, -0.25) is 14.4 Å². The molecule has 130 valence electrons. The van der Waals surface area contributed by atoms with Crippen molar-refractivity contribution in [3.05, 3.63) is 29.8 Å². The lowest BCUT2D eigenvalue weighted by atomic mass is 9.73. The highest BCUT2D eigenvalue weighted by Gasteiger charge is 2.39. The topological polar surface area (TPSA) is 81.7 Å². The van der Waals surface area contributed by atoms with Gasteiger partial charge in [-0.1, -0.05) is 12.1 Å². The van der Waals surface area contributed by atoms with Gasteiger partial charge in [0, 0.05) is 44.6 Å². The summed E-state index contributed by atoms with van der Waals surface area (Å²) in [6.45, 7) is 2.90. The highest BCUT2D eigenvalue weighted by Crippen LogP contribution is 2.36. The molecule has 6 heteroatoms. The molecular weight excluding hydrogens is 310 g/mol. The molecule has 0 aromatic heterocycles. The number of amides is 1. The molecule has 1 aliphatic rings. The van der Waals surface area contributed by atoms with Gasteiger partial charge in [0.1, 0.15) is 11.5 Å². The minimum Gasteiger partial charge on any atom is -0.497 e. The first-order chi connectivity index (χ1) is 11.4. The Labute approximate surface area is 141 Å². The molecule has 1 saturated carbocycles. The molecule has 1 aliphatic carbocycles. The lowest BCUT2D eigenvalue weighted by Gasteiger charge is -2.37. The normalized spacial score (nSPS) is 23.5. The number of methoxy groups -OCH3 is 1. The quantitative estimate of drug-likeness (QED) is 0.831. The Hall–Kier alpha value is -2.37. The van der Waals surface area contributed by atoms with Crippen molar-refractivity contribution in [1.29, 1.82) is 0 Å². The van der Waals surface area contributed by atoms with Crippen LogP contribution < -0.4 is 10.1 Å². The van der Waals surface area contributed by atoms with E-state index >= 15 is 0 Å². The predicted molar refractivity (Wildman–Crippen MR) is 87.7 cm³/mol. The molecule has 0 aliphatic heterocycles. The number of ether oxygens (including phenoxy) is 2. The van der Waals surface area contributed by atoms with E-state index < -0.39 is 5.97 Å². The highest BCUT2D eigenvalue weighted by atomic mass is 16.5. The maximum absolute atomic E-state index is 12.2. The molecule has 3 atom stereocenters. The Balaban J connectivity index is 2.27. The first-order valence-corrected chi connectivity index (χ1v) is 7.96. The van der Waals surface area contributed by atoms with Crippen LogP contribution in [0, 0.1) is 5.92 Å². The summed E-state index contributed by atoms with van der Waals surface area (Å²) in [6, 6.07) is 7.22. The molecular formula is C18H23NO5. The molecule has 0 saturated heterocycles. The summed E-state index contributed by atoms with van der Waals surface area (Å²) in [6.07, 6.45) is 0.652. The largest absolute Gasteiger partial charge is 0.497 e. The maximum atomic E-state index is 12.2. The summed E-state index contributed by atoms with van der Waals surface area (Å²) in [4.78, 5) is 34.9. The molecule has 1 N–H and O–H groups in total. The Morgan fingerprint density at radius 2 is 1.83 bits per heavy atom. The fourth-order valence-corrected chi connectivity index (χ4v) is 3.22. The average Bonchev–Trinajstić information content (AvgIpc) is 2.54. The van der Waals surface area contributed by atoms with Gasteiger partial charge < -0.3 is 14.8 Å². The molecule has 0 unspecified atom stereocenters. The van der Waals surface area contributed by atoms with Crippen LogP contribution in [0.15, 0.2) is 24.3 Å². The van der Waals surface area contributed by atoms with E-state index in [0.717, 1.165) is 11.3 Å². The van der Waals surface area contributed by atoms with E-state index in [1.807, 2.05) is 24.3 Å². The second-order valence-electron chi connectivity index (χ2n) is 6.12. The zero-order valence-electron chi connectivity index (χ0n) is 14.2. The fraction of sp³-hybridized carbons (Fsp3) is 0.500. The van der Waals surface area contributed by atoms with Crippen molar-refractivity contribution >= 4 is 17.7 Å². The number of ketones is 1. The van der Waals surface area contributed by atoms with Crippen LogP contribution in [-0.4, -0.2) is 37.4 Å². The standard InChI is InChI=1S/C18H23NO5/c1-11(20)19-18-14(10-24-12(2)21)8-15(22)9-17(18)13-4-6-16(23-3)7-5-13/h4-7,14,17-18H,8-10H2,1-3H3,(H,19,20)/t14-,17-,18-/m1/s1. The molecule has 24 heavy (non-hydrogen) atoms. The number of Topliss-reactive ketones (excluding diaryl/α,β-unsaturated/α-hetero) is 1. The average molecular weight is 333 g/mol. The van der Waals surface area contributed by atoms with Crippen LogP contribution in [0.1, 0.15) is 38.2 Å². The van der Waals surface area contributed by atoms with Crippen molar-refractivity contribution in [3.8, 4) is 5.75 Å². The molecule has 1 fully saturated rings. The van der Waals surface area contributed by atoms with Gasteiger partial charge in [0.05, 0.1) is 13.7 Å². The van der Waals surface area contributed by atoms with Crippen molar-refractivity contribution < 1.29 is 23.9 Å². The van der Waals surface area contributed by atoms with Gasteiger partial charge in [0.15, 0.2) is 0 Å². The fourth-order valence-electron chi connectivity index (χ4n) is 3.22. The minimum absolute atomic E-state index is 0.106. The molecule has 2 rings (SSSR count). The molecule has 0 bridgehead atoms. The van der Waals surface area contributed by atoms with E-state index in [1.54, 1.807) is 7.11 Å². The van der Waals surface area contributed by atoms with E-state index in [-0.39, 0.29) is 36.2 Å². The van der Waals surface area contributed by atoms with Crippen LogP contribution in [-0.2, 0) is 19.1 Å². The number of carbonyl (C=O) groups excluding carboxylic acids is 3. The SMILES string of the molecule is COc1ccc([C@H]2CC(=O)C[C@H](COC(C)=O)[C@H]2NC(C)=O)cc1. The van der Waals surface area contributed by atoms with Gasteiger partial charge in [0.2, 0.25) is 5.91 Å². The van der Waals surface area contributed by atoms with Crippen molar-refractivity contribution in [2.24, 2.45) is 5.92 Å². The van der Waals surface area contributed by atoms with Gasteiger partial charge in [-0.05, 0) is 17.7 Å². The predicted octanol–water partition coefficient (Wildman–Crippen LogP) is 1.83. The second-order valence-corrected chi connectivity index (χ2v) is 6.12. The molecule has 1 amide bonds. The maximum Gasteiger partial charge on any atom is 0.302 e. The van der Waals surface area contributed by atoms with E-state index in [2.05, 4.69) is 5.32 Å². The van der Waals surface area contributed by atoms with Crippen LogP contribution in [0.5, 0.6) is 5.75 Å². The van der Waals surface area contributed by atoms with Crippen molar-refractivity contribution in [2.75, 3.05) is 13.7 Å². The second kappa shape index (κ2) is 7.95. The van der Waals surface area contributed by atoms with Crippen LogP contribution in [0.2, 0.25) is 0 Å². The van der Waals surface area contributed by atoms with Crippen molar-refractivity contribution in [3.63, 3.8) is 0 Å². The Kier molecular flexibility index (Phi) is 5.95. The third-order valence-electron chi connectivity index (χ3n) is 4.29. The summed E-state index contributed by atoms with van der Waals surface area (Å²) in [5.74, 6) is -0.105. The van der Waals surface area contributed by atoms with E-state index in [4.69, 9.17) is 9.47 Å². The monoisotopic (exact) mass is 333 g/mol. The number of hydrogen-bond acceptors (Lipinski definition) is 5. The lowest BCUT2D eigenvalue weighted by molar-refractivity contribution is -0.144. The van der Waals surface area contributed by atoms with Gasteiger partial charge in [0.25, 0.3) is 0 Å². The Morgan fingerprint density at radius 1 is 1.17 bits per heavy atom. The lowest BCUT2D eigenvalue weighted by Crippen LogP contribution is -2.49. The van der Waals surface area contributed by atoms with Crippen molar-refractivity contribution in [1.82, 2.24) is 5.32 Å². The van der Waals surface area contributed by atoms with Gasteiger partial charge in [-0.25, -0.2) is 0 Å². The first kappa shape index (κ1) is 18.0. The van der Waals surface area contributed by atoms with Crippen molar-refractivity contribution in [2.45, 2.75) is 38.6 Å². The summed E-state index contributed by atoms with van der Waals surface area (Å²) in [7, 11) is 1.59. The molecule has 6 nitrogen and oxygen atoms in total. The van der Waals surface area contributed by atoms with Gasteiger partial charge in [-0.2, -0.15) is 0 Å². The Bertz CT molecular complexity index is 610. The van der Waals surface area contributed by atoms with E-state index in [0.29, 0.717) is 12.8 Å². The molecule has 0 heterocycles. The summed E-state index contributed by atoms with van der Waals surface area (Å²) in [5, 5.41) is 2.94. The molecule has 1 aromatic carbocycles. The number of benzene rings is 1. The van der Waals surface area contributed by atoms with E-state index in [9.17, 15) is 14.4 Å². The third kappa shape index (κ3) is 4.57. The smallest absolute Gasteiger partial charge is 0.302 e. The molecule has 0 radical (unpaired) electrons. The van der Waals surface area contributed by atoms with Gasteiger partial charge in [-0.15, -0.1) is 0 Å². The number of rotatable bonds is 5. The molecule has 0 spiro atoms. The number of nitrogens with one attached hydrogen (secondary N) is 1. The minimum atomic E-state index is -0.393. The summed E-state index contributed by atoms with van der Waals surface area (Å²) < 4.78 is 10.3. The van der Waals surface area contributed by atoms with Gasteiger partial charge >= 0.3 is 5.97 Å². The number of esters is 1. The summed E-state index contributed by atoms with van der Waals surface area (Å²) >= 11 is 0. The third-order valence-corrected chi connectivity index (χ3v) is 4.29. The first-order valence-electron chi connectivity index (χ1n) is 7.96. The zero-order chi connectivity index (χ0) is 17.7. The zero-order valence-corrected chi connectivity index (χ0v) is 14.2. The summed E-state index contributed by atoms with van der Waals surface area (Å²) in [5.41, 5.74) is 0.954. The van der Waals surface area contributed by atoms with Crippen LogP contribution >= 0.6 is 0 Å². The number of hydrogen-bond donors (Lipinski definition) is 1. The number of carbonyl (C=O) groups is 3. The Morgan fingerprint density at radius 3 is 2.38 bits per heavy atom. The molecule has 1 aromatic rings. The van der Waals surface area contributed by atoms with E-state index in [1.165, 1.54) is 13.8 Å². The van der Waals surface area contributed by atoms with Crippen LogP contribution in [0.25, 0.3) is 0 Å². The highest BCUT2D eigenvalue weighted by molar-refractivity contribution is 5.82. The van der Waals surface area contributed by atoms with Crippen LogP contribution in [0.4, 0.5) is 0 Å². The van der Waals surface area contributed by atoms with Crippen LogP contribution in [0.3, 0.4) is 0 Å².